The first-order valence-electron chi connectivity index (χ1n) is 10.4. The number of aromatic nitrogens is 3. The Kier molecular flexibility index (Phi) is 8.28. The van der Waals surface area contributed by atoms with E-state index in [1.165, 1.54) is 11.8 Å². The number of halogens is 2. The SMILES string of the molecule is C.CO[C@H]1C[C@@H](N)C2(CCN(c3nc(C)c(Sc4ccnc(Cl)c4Cl)nc3CO)CC2)C1. The maximum absolute atomic E-state index is 10.0. The topological polar surface area (TPSA) is 97.4 Å². The Morgan fingerprint density at radius 3 is 2.66 bits per heavy atom. The van der Waals surface area contributed by atoms with Gasteiger partial charge in [-0.2, -0.15) is 0 Å². The first-order chi connectivity index (χ1) is 14.9. The zero-order chi connectivity index (χ0) is 22.2. The number of hydrogen-bond donors (Lipinski definition) is 2. The van der Waals surface area contributed by atoms with Crippen molar-refractivity contribution in [3.8, 4) is 0 Å². The summed E-state index contributed by atoms with van der Waals surface area (Å²) in [4.78, 5) is 16.5. The van der Waals surface area contributed by atoms with E-state index in [0.717, 1.165) is 55.2 Å². The lowest BCUT2D eigenvalue weighted by atomic mass is 9.74. The van der Waals surface area contributed by atoms with E-state index >= 15 is 0 Å². The number of aryl methyl sites for hydroxylation is 1. The van der Waals surface area contributed by atoms with Gasteiger partial charge in [-0.3, -0.25) is 0 Å². The summed E-state index contributed by atoms with van der Waals surface area (Å²) in [7, 11) is 1.77. The van der Waals surface area contributed by atoms with Crippen molar-refractivity contribution in [2.45, 2.75) is 68.7 Å². The van der Waals surface area contributed by atoms with Crippen LogP contribution < -0.4 is 10.6 Å². The number of ether oxygens (including phenoxy) is 1. The van der Waals surface area contributed by atoms with Gasteiger partial charge >= 0.3 is 0 Å². The van der Waals surface area contributed by atoms with Crippen molar-refractivity contribution < 1.29 is 9.84 Å². The molecule has 3 N–H and O–H groups in total. The highest BCUT2D eigenvalue weighted by Gasteiger charge is 2.47. The molecule has 2 aromatic heterocycles. The first-order valence-corrected chi connectivity index (χ1v) is 11.9. The molecule has 7 nitrogen and oxygen atoms in total. The second-order valence-electron chi connectivity index (χ2n) is 8.31. The Labute approximate surface area is 204 Å². The Morgan fingerprint density at radius 1 is 1.31 bits per heavy atom. The molecule has 176 valence electrons. The Bertz CT molecular complexity index is 956. The van der Waals surface area contributed by atoms with Gasteiger partial charge in [0.05, 0.1) is 23.4 Å². The van der Waals surface area contributed by atoms with E-state index in [1.807, 2.05) is 6.92 Å². The fourth-order valence-electron chi connectivity index (χ4n) is 4.71. The van der Waals surface area contributed by atoms with Gasteiger partial charge in [-0.15, -0.1) is 0 Å². The molecule has 2 atom stereocenters. The normalized spacial score (nSPS) is 22.2. The summed E-state index contributed by atoms with van der Waals surface area (Å²) in [6.07, 6.45) is 5.77. The van der Waals surface area contributed by atoms with Crippen LogP contribution in [-0.2, 0) is 11.3 Å². The van der Waals surface area contributed by atoms with Crippen LogP contribution >= 0.6 is 35.0 Å². The molecule has 1 saturated heterocycles. The van der Waals surface area contributed by atoms with E-state index in [-0.39, 0.29) is 36.7 Å². The zero-order valence-electron chi connectivity index (χ0n) is 17.6. The van der Waals surface area contributed by atoms with Gasteiger partial charge in [0.1, 0.15) is 15.9 Å². The van der Waals surface area contributed by atoms with Crippen molar-refractivity contribution in [2.24, 2.45) is 11.1 Å². The molecule has 10 heteroatoms. The van der Waals surface area contributed by atoms with Crippen molar-refractivity contribution in [2.75, 3.05) is 25.1 Å². The van der Waals surface area contributed by atoms with Crippen LogP contribution in [-0.4, -0.2) is 52.4 Å². The molecule has 32 heavy (non-hydrogen) atoms. The third-order valence-corrected chi connectivity index (χ3v) is 8.59. The Morgan fingerprint density at radius 2 is 2.03 bits per heavy atom. The molecule has 1 saturated carbocycles. The second kappa shape index (κ2) is 10.4. The maximum atomic E-state index is 10.0. The summed E-state index contributed by atoms with van der Waals surface area (Å²) in [5.74, 6) is 0.743. The van der Waals surface area contributed by atoms with Crippen molar-refractivity contribution in [3.05, 3.63) is 33.8 Å². The minimum Gasteiger partial charge on any atom is -0.390 e. The number of piperidine rings is 1. The van der Waals surface area contributed by atoms with E-state index in [2.05, 4.69) is 9.88 Å². The maximum Gasteiger partial charge on any atom is 0.153 e. The number of aliphatic hydroxyl groups is 1. The lowest BCUT2D eigenvalue weighted by molar-refractivity contribution is 0.0890. The second-order valence-corrected chi connectivity index (χ2v) is 10.1. The molecule has 1 spiro atoms. The largest absolute Gasteiger partial charge is 0.390 e. The summed E-state index contributed by atoms with van der Waals surface area (Å²) in [6.45, 7) is 3.40. The summed E-state index contributed by atoms with van der Waals surface area (Å²) < 4.78 is 5.58. The molecule has 0 bridgehead atoms. The summed E-state index contributed by atoms with van der Waals surface area (Å²) in [6, 6.07) is 1.95. The molecule has 3 heterocycles. The molecule has 0 radical (unpaired) electrons. The molecule has 0 amide bonds. The van der Waals surface area contributed by atoms with Crippen LogP contribution in [0.2, 0.25) is 10.2 Å². The predicted molar refractivity (Wildman–Crippen MR) is 130 cm³/mol. The number of nitrogens with zero attached hydrogens (tertiary/aromatic N) is 4. The van der Waals surface area contributed by atoms with Crippen LogP contribution in [0, 0.1) is 12.3 Å². The van der Waals surface area contributed by atoms with Crippen LogP contribution in [0.25, 0.3) is 0 Å². The minimum absolute atomic E-state index is 0. The Hall–Kier alpha value is -1.16. The first kappa shape index (κ1) is 25.5. The summed E-state index contributed by atoms with van der Waals surface area (Å²) in [5, 5.41) is 11.3. The Balaban J connectivity index is 0.00000289. The lowest BCUT2D eigenvalue weighted by Gasteiger charge is -2.42. The van der Waals surface area contributed by atoms with Crippen LogP contribution in [0.5, 0.6) is 0 Å². The highest BCUT2D eigenvalue weighted by Crippen LogP contribution is 2.47. The molecule has 1 aliphatic heterocycles. The van der Waals surface area contributed by atoms with Crippen molar-refractivity contribution in [1.82, 2.24) is 15.0 Å². The van der Waals surface area contributed by atoms with Crippen LogP contribution in [0.3, 0.4) is 0 Å². The van der Waals surface area contributed by atoms with Gasteiger partial charge in [0.15, 0.2) is 5.82 Å². The number of pyridine rings is 1. The van der Waals surface area contributed by atoms with E-state index in [9.17, 15) is 5.11 Å². The number of aliphatic hydroxyl groups excluding tert-OH is 1. The number of hydrogen-bond acceptors (Lipinski definition) is 8. The molecule has 0 unspecified atom stereocenters. The number of rotatable bonds is 5. The summed E-state index contributed by atoms with van der Waals surface area (Å²) in [5.41, 5.74) is 7.97. The average Bonchev–Trinajstić information content (AvgIpc) is 3.08. The van der Waals surface area contributed by atoms with Gasteiger partial charge in [0, 0.05) is 37.3 Å². The quantitative estimate of drug-likeness (QED) is 0.580. The molecule has 4 rings (SSSR count). The van der Waals surface area contributed by atoms with Gasteiger partial charge in [0.25, 0.3) is 0 Å². The van der Waals surface area contributed by atoms with Crippen molar-refractivity contribution in [3.63, 3.8) is 0 Å². The standard InChI is InChI=1S/C21H27Cl2N5O2S.CH4/c1-12-20(31-15-3-6-25-18(23)17(15)22)27-14(11-29)19(26-12)28-7-4-21(5-8-28)10-13(30-2)9-16(21)24;/h3,6,13,16,29H,4-5,7-11,24H2,1-2H3;1H4/t13-,16+;/m0./s1. The van der Waals surface area contributed by atoms with Gasteiger partial charge < -0.3 is 20.5 Å². The fourth-order valence-corrected chi connectivity index (χ4v) is 6.02. The van der Waals surface area contributed by atoms with Gasteiger partial charge in [-0.1, -0.05) is 42.4 Å². The van der Waals surface area contributed by atoms with Gasteiger partial charge in [0.2, 0.25) is 0 Å². The highest BCUT2D eigenvalue weighted by molar-refractivity contribution is 7.99. The number of methoxy groups -OCH3 is 1. The molecular weight excluding hydrogens is 469 g/mol. The number of nitrogens with two attached hydrogens (primary N) is 1. The third-order valence-electron chi connectivity index (χ3n) is 6.58. The van der Waals surface area contributed by atoms with Gasteiger partial charge in [-0.25, -0.2) is 15.0 Å². The lowest BCUT2D eigenvalue weighted by Crippen LogP contribution is -2.47. The molecular formula is C22H31Cl2N5O2S. The molecule has 0 aromatic carbocycles. The van der Waals surface area contributed by atoms with Crippen LogP contribution in [0.4, 0.5) is 5.82 Å². The average molecular weight is 500 g/mol. The molecule has 1 aliphatic carbocycles. The smallest absolute Gasteiger partial charge is 0.153 e. The molecule has 2 fully saturated rings. The van der Waals surface area contributed by atoms with E-state index < -0.39 is 0 Å². The molecule has 2 aliphatic rings. The highest BCUT2D eigenvalue weighted by atomic mass is 35.5. The molecule has 2 aromatic rings. The third kappa shape index (κ3) is 4.86. The van der Waals surface area contributed by atoms with E-state index in [4.69, 9.17) is 43.6 Å². The van der Waals surface area contributed by atoms with Gasteiger partial charge in [-0.05, 0) is 44.1 Å². The fraction of sp³-hybridized carbons (Fsp3) is 0.591. The zero-order valence-corrected chi connectivity index (χ0v) is 20.0. The van der Waals surface area contributed by atoms with Crippen molar-refractivity contribution in [1.29, 1.82) is 0 Å². The minimum atomic E-state index is -0.187. The predicted octanol–water partition coefficient (Wildman–Crippen LogP) is 4.49. The van der Waals surface area contributed by atoms with E-state index in [0.29, 0.717) is 15.7 Å². The number of anilines is 1. The van der Waals surface area contributed by atoms with Crippen molar-refractivity contribution >= 4 is 40.8 Å². The van der Waals surface area contributed by atoms with Crippen LogP contribution in [0.1, 0.15) is 44.5 Å². The summed E-state index contributed by atoms with van der Waals surface area (Å²) >= 11 is 13.7. The monoisotopic (exact) mass is 499 g/mol. The van der Waals surface area contributed by atoms with E-state index in [1.54, 1.807) is 19.4 Å². The van der Waals surface area contributed by atoms with Crippen LogP contribution in [0.15, 0.2) is 22.2 Å².